The molecule has 1 heterocycles. The van der Waals surface area contributed by atoms with Crippen LogP contribution in [0.1, 0.15) is 61.6 Å². The summed E-state index contributed by atoms with van der Waals surface area (Å²) in [5.74, 6) is 1.67. The fourth-order valence-electron chi connectivity index (χ4n) is 3.96. The lowest BCUT2D eigenvalue weighted by molar-refractivity contribution is 0.0861. The Labute approximate surface area is 132 Å². The molecule has 3 heteroatoms. The van der Waals surface area contributed by atoms with Crippen LogP contribution in [0.2, 0.25) is 0 Å². The van der Waals surface area contributed by atoms with E-state index in [9.17, 15) is 5.11 Å². The molecule has 1 fully saturated rings. The van der Waals surface area contributed by atoms with E-state index in [0.717, 1.165) is 29.8 Å². The summed E-state index contributed by atoms with van der Waals surface area (Å²) in [5, 5.41) is 10.6. The van der Waals surface area contributed by atoms with Gasteiger partial charge < -0.3 is 9.84 Å². The van der Waals surface area contributed by atoms with Crippen LogP contribution in [0.15, 0.2) is 17.7 Å². The van der Waals surface area contributed by atoms with E-state index in [4.69, 9.17) is 4.74 Å². The molecule has 0 amide bonds. The molecule has 1 saturated carbocycles. The van der Waals surface area contributed by atoms with E-state index in [2.05, 4.69) is 24.8 Å². The molecule has 1 unspecified atom stereocenters. The van der Waals surface area contributed by atoms with E-state index >= 15 is 0 Å². The largest absolute Gasteiger partial charge is 0.507 e. The summed E-state index contributed by atoms with van der Waals surface area (Å²) in [6.07, 6.45) is 8.41. The summed E-state index contributed by atoms with van der Waals surface area (Å²) in [4.78, 5) is 2.43. The van der Waals surface area contributed by atoms with Crippen molar-refractivity contribution in [2.24, 2.45) is 0 Å². The summed E-state index contributed by atoms with van der Waals surface area (Å²) in [7, 11) is 0. The van der Waals surface area contributed by atoms with Crippen LogP contribution in [-0.2, 0) is 6.54 Å². The van der Waals surface area contributed by atoms with Crippen molar-refractivity contribution in [3.8, 4) is 11.5 Å². The van der Waals surface area contributed by atoms with E-state index in [0.29, 0.717) is 24.4 Å². The Hall–Kier alpha value is -1.48. The number of aryl methyl sites for hydroxylation is 1. The smallest absolute Gasteiger partial charge is 0.142 e. The van der Waals surface area contributed by atoms with E-state index in [1.54, 1.807) is 0 Å². The number of allylic oxidation sites excluding steroid dienone is 2. The lowest BCUT2D eigenvalue weighted by Crippen LogP contribution is -2.34. The second-order valence-corrected chi connectivity index (χ2v) is 7.20. The molecule has 0 spiro atoms. The number of aromatic hydroxyl groups is 1. The Morgan fingerprint density at radius 1 is 1.23 bits per heavy atom. The van der Waals surface area contributed by atoms with Gasteiger partial charge in [0.1, 0.15) is 18.2 Å². The average Bonchev–Trinajstić information content (AvgIpc) is 3.32. The number of rotatable bonds is 2. The van der Waals surface area contributed by atoms with Gasteiger partial charge in [-0.3, -0.25) is 4.90 Å². The normalized spacial score (nSPS) is 25.4. The van der Waals surface area contributed by atoms with Crippen LogP contribution in [-0.4, -0.2) is 22.8 Å². The number of benzene rings is 1. The zero-order valence-corrected chi connectivity index (χ0v) is 13.6. The van der Waals surface area contributed by atoms with Gasteiger partial charge in [-0.1, -0.05) is 11.6 Å². The Bertz CT molecular complexity index is 631. The fraction of sp³-hybridized carbons (Fsp3) is 0.579. The number of fused-ring (bicyclic) bond motifs is 1. The number of ether oxygens (including phenoxy) is 1. The van der Waals surface area contributed by atoms with Gasteiger partial charge in [0.05, 0.1) is 0 Å². The molecule has 3 nitrogen and oxygen atoms in total. The molecule has 22 heavy (non-hydrogen) atoms. The van der Waals surface area contributed by atoms with Crippen molar-refractivity contribution in [2.75, 3.05) is 6.73 Å². The van der Waals surface area contributed by atoms with Crippen molar-refractivity contribution in [1.82, 2.24) is 4.90 Å². The van der Waals surface area contributed by atoms with Crippen molar-refractivity contribution in [2.45, 2.75) is 64.5 Å². The highest BCUT2D eigenvalue weighted by Crippen LogP contribution is 2.46. The van der Waals surface area contributed by atoms with Gasteiger partial charge in [0.2, 0.25) is 0 Å². The highest BCUT2D eigenvalue weighted by Gasteiger charge is 2.35. The highest BCUT2D eigenvalue weighted by atomic mass is 16.5. The monoisotopic (exact) mass is 299 g/mol. The zero-order valence-electron chi connectivity index (χ0n) is 13.6. The SMILES string of the molecule is CC1=CC(c2c(O)cc(C)c3c2OCN(C2CC2)C3)CCC1. The van der Waals surface area contributed by atoms with Crippen LogP contribution in [0.3, 0.4) is 0 Å². The lowest BCUT2D eigenvalue weighted by atomic mass is 9.83. The number of phenols is 1. The summed E-state index contributed by atoms with van der Waals surface area (Å²) in [5.41, 5.74) is 4.89. The van der Waals surface area contributed by atoms with Gasteiger partial charge in [0.25, 0.3) is 0 Å². The van der Waals surface area contributed by atoms with Crippen molar-refractivity contribution in [1.29, 1.82) is 0 Å². The van der Waals surface area contributed by atoms with Crippen LogP contribution in [0, 0.1) is 6.92 Å². The van der Waals surface area contributed by atoms with Crippen LogP contribution in [0.25, 0.3) is 0 Å². The Kier molecular flexibility index (Phi) is 3.41. The van der Waals surface area contributed by atoms with Gasteiger partial charge in [-0.05, 0) is 57.6 Å². The number of hydrogen-bond donors (Lipinski definition) is 1. The van der Waals surface area contributed by atoms with Gasteiger partial charge in [-0.15, -0.1) is 0 Å². The number of hydrogen-bond acceptors (Lipinski definition) is 3. The third kappa shape index (κ3) is 2.41. The maximum atomic E-state index is 10.6. The van der Waals surface area contributed by atoms with Crippen LogP contribution in [0.5, 0.6) is 11.5 Å². The minimum absolute atomic E-state index is 0.301. The summed E-state index contributed by atoms with van der Waals surface area (Å²) < 4.78 is 6.16. The topological polar surface area (TPSA) is 32.7 Å². The van der Waals surface area contributed by atoms with E-state index < -0.39 is 0 Å². The molecule has 0 aromatic heterocycles. The second kappa shape index (κ2) is 5.31. The molecule has 1 atom stereocenters. The molecule has 1 aromatic carbocycles. The third-order valence-electron chi connectivity index (χ3n) is 5.37. The quantitative estimate of drug-likeness (QED) is 0.830. The van der Waals surface area contributed by atoms with Crippen molar-refractivity contribution in [3.63, 3.8) is 0 Å². The summed E-state index contributed by atoms with van der Waals surface area (Å²) >= 11 is 0. The van der Waals surface area contributed by atoms with Gasteiger partial charge in [0.15, 0.2) is 0 Å². The first-order chi connectivity index (χ1) is 10.6. The summed E-state index contributed by atoms with van der Waals surface area (Å²) in [6, 6.07) is 2.65. The lowest BCUT2D eigenvalue weighted by Gasteiger charge is -2.33. The predicted molar refractivity (Wildman–Crippen MR) is 87.3 cm³/mol. The highest BCUT2D eigenvalue weighted by molar-refractivity contribution is 5.57. The molecule has 3 aliphatic rings. The van der Waals surface area contributed by atoms with Crippen molar-refractivity contribution >= 4 is 0 Å². The molecule has 2 aliphatic carbocycles. The Balaban J connectivity index is 1.75. The minimum atomic E-state index is 0.301. The molecule has 1 aliphatic heterocycles. The van der Waals surface area contributed by atoms with E-state index in [1.165, 1.54) is 36.8 Å². The molecule has 0 saturated heterocycles. The predicted octanol–water partition coefficient (Wildman–Crippen LogP) is 4.23. The van der Waals surface area contributed by atoms with Crippen LogP contribution >= 0.6 is 0 Å². The van der Waals surface area contributed by atoms with Gasteiger partial charge in [0, 0.05) is 29.6 Å². The Morgan fingerprint density at radius 2 is 2.05 bits per heavy atom. The molecule has 0 radical (unpaired) electrons. The van der Waals surface area contributed by atoms with Crippen molar-refractivity contribution < 1.29 is 9.84 Å². The molecule has 0 bridgehead atoms. The molecule has 118 valence electrons. The minimum Gasteiger partial charge on any atom is -0.507 e. The summed E-state index contributed by atoms with van der Waals surface area (Å²) in [6.45, 7) is 5.92. The van der Waals surface area contributed by atoms with Crippen LogP contribution in [0.4, 0.5) is 0 Å². The standard InChI is InChI=1S/C19H25NO2/c1-12-4-3-5-14(8-12)18-17(21)9-13(2)16-10-20(15-6-7-15)11-22-19(16)18/h8-9,14-15,21H,3-7,10-11H2,1-2H3. The van der Waals surface area contributed by atoms with Crippen LogP contribution < -0.4 is 4.74 Å². The molecular formula is C19H25NO2. The van der Waals surface area contributed by atoms with Gasteiger partial charge in [-0.2, -0.15) is 0 Å². The van der Waals surface area contributed by atoms with Gasteiger partial charge in [-0.25, -0.2) is 0 Å². The fourth-order valence-corrected chi connectivity index (χ4v) is 3.96. The van der Waals surface area contributed by atoms with Crippen molar-refractivity contribution in [3.05, 3.63) is 34.4 Å². The zero-order chi connectivity index (χ0) is 15.3. The van der Waals surface area contributed by atoms with E-state index in [1.807, 2.05) is 6.07 Å². The first kappa shape index (κ1) is 14.1. The van der Waals surface area contributed by atoms with Gasteiger partial charge >= 0.3 is 0 Å². The molecular weight excluding hydrogens is 274 g/mol. The van der Waals surface area contributed by atoms with E-state index in [-0.39, 0.29) is 0 Å². The molecule has 4 rings (SSSR count). The maximum absolute atomic E-state index is 10.6. The first-order valence-corrected chi connectivity index (χ1v) is 8.53. The third-order valence-corrected chi connectivity index (χ3v) is 5.37. The molecule has 1 N–H and O–H groups in total. The number of nitrogens with zero attached hydrogens (tertiary/aromatic N) is 1. The average molecular weight is 299 g/mol. The number of phenolic OH excluding ortho intramolecular Hbond substituents is 1. The molecule has 1 aromatic rings. The maximum Gasteiger partial charge on any atom is 0.142 e. The Morgan fingerprint density at radius 3 is 2.77 bits per heavy atom. The first-order valence-electron chi connectivity index (χ1n) is 8.53. The second-order valence-electron chi connectivity index (χ2n) is 7.20.